The van der Waals surface area contributed by atoms with Crippen LogP contribution in [0.4, 0.5) is 11.6 Å². The summed E-state index contributed by atoms with van der Waals surface area (Å²) >= 11 is 0. The molecule has 98 valence electrons. The van der Waals surface area contributed by atoms with E-state index in [0.29, 0.717) is 24.6 Å². The molecule has 0 atom stereocenters. The van der Waals surface area contributed by atoms with Crippen molar-refractivity contribution in [3.05, 3.63) is 42.2 Å². The lowest BCUT2D eigenvalue weighted by atomic mass is 10.3. The Balaban J connectivity index is 1.90. The third kappa shape index (κ3) is 4.02. The van der Waals surface area contributed by atoms with E-state index in [-0.39, 0.29) is 5.91 Å². The summed E-state index contributed by atoms with van der Waals surface area (Å²) in [6.45, 7) is 2.36. The number of aromatic nitrogens is 3. The molecule has 0 saturated carbocycles. The van der Waals surface area contributed by atoms with E-state index in [0.717, 1.165) is 5.69 Å². The summed E-state index contributed by atoms with van der Waals surface area (Å²) in [6, 6.07) is 9.20. The fourth-order valence-corrected chi connectivity index (χ4v) is 1.41. The number of carbonyl (C=O) groups is 1. The maximum Gasteiger partial charge on any atom is 0.225 e. The van der Waals surface area contributed by atoms with E-state index in [9.17, 15) is 4.79 Å². The molecule has 6 heteroatoms. The molecule has 0 fully saturated rings. The molecule has 0 aliphatic rings. The second-order valence-electron chi connectivity index (χ2n) is 3.88. The molecule has 1 amide bonds. The van der Waals surface area contributed by atoms with Gasteiger partial charge in [0.05, 0.1) is 12.2 Å². The molecule has 0 aliphatic carbocycles. The van der Waals surface area contributed by atoms with E-state index < -0.39 is 0 Å². The quantitative estimate of drug-likeness (QED) is 0.854. The lowest BCUT2D eigenvalue weighted by Crippen LogP contribution is -2.11. The van der Waals surface area contributed by atoms with Crippen LogP contribution in [0.2, 0.25) is 0 Å². The fraction of sp³-hybridized carbons (Fsp3) is 0.231. The van der Waals surface area contributed by atoms with Gasteiger partial charge in [0.1, 0.15) is 5.82 Å². The first-order valence-corrected chi connectivity index (χ1v) is 6.05. The molecule has 2 N–H and O–H groups in total. The van der Waals surface area contributed by atoms with Gasteiger partial charge in [-0.15, -0.1) is 10.2 Å². The van der Waals surface area contributed by atoms with Gasteiger partial charge < -0.3 is 10.6 Å². The zero-order valence-electron chi connectivity index (χ0n) is 10.6. The highest BCUT2D eigenvalue weighted by Crippen LogP contribution is 2.07. The predicted molar refractivity (Wildman–Crippen MR) is 72.5 cm³/mol. The zero-order chi connectivity index (χ0) is 13.5. The SMILES string of the molecule is CCC(=O)Nc1ccc(NCc2ccccn2)nn1. The van der Waals surface area contributed by atoms with Crippen molar-refractivity contribution in [1.29, 1.82) is 0 Å². The number of anilines is 2. The van der Waals surface area contributed by atoms with E-state index in [2.05, 4.69) is 25.8 Å². The third-order valence-electron chi connectivity index (χ3n) is 2.43. The predicted octanol–water partition coefficient (Wildman–Crippen LogP) is 1.83. The molecular formula is C13H15N5O. The molecular weight excluding hydrogens is 242 g/mol. The van der Waals surface area contributed by atoms with Gasteiger partial charge in [0.2, 0.25) is 5.91 Å². The van der Waals surface area contributed by atoms with Gasteiger partial charge in [-0.3, -0.25) is 9.78 Å². The van der Waals surface area contributed by atoms with Crippen LogP contribution in [-0.2, 0) is 11.3 Å². The van der Waals surface area contributed by atoms with Gasteiger partial charge >= 0.3 is 0 Å². The Morgan fingerprint density at radius 2 is 1.95 bits per heavy atom. The Bertz CT molecular complexity index is 526. The van der Waals surface area contributed by atoms with Crippen LogP contribution in [0.1, 0.15) is 19.0 Å². The minimum absolute atomic E-state index is 0.0801. The van der Waals surface area contributed by atoms with Crippen LogP contribution in [0.25, 0.3) is 0 Å². The van der Waals surface area contributed by atoms with E-state index in [1.54, 1.807) is 25.3 Å². The Labute approximate surface area is 111 Å². The Morgan fingerprint density at radius 1 is 1.16 bits per heavy atom. The maximum atomic E-state index is 11.2. The Kier molecular flexibility index (Phi) is 4.39. The molecule has 0 spiro atoms. The van der Waals surface area contributed by atoms with Crippen LogP contribution in [-0.4, -0.2) is 21.1 Å². The van der Waals surface area contributed by atoms with Crippen LogP contribution in [0.5, 0.6) is 0 Å². The van der Waals surface area contributed by atoms with Gasteiger partial charge in [0, 0.05) is 12.6 Å². The van der Waals surface area contributed by atoms with Gasteiger partial charge in [-0.05, 0) is 24.3 Å². The summed E-state index contributed by atoms with van der Waals surface area (Å²) in [5, 5.41) is 13.6. The summed E-state index contributed by atoms with van der Waals surface area (Å²) in [5.74, 6) is 1.01. The first-order chi connectivity index (χ1) is 9.28. The van der Waals surface area contributed by atoms with Crippen LogP contribution in [0, 0.1) is 0 Å². The van der Waals surface area contributed by atoms with E-state index in [1.807, 2.05) is 18.2 Å². The number of nitrogens with one attached hydrogen (secondary N) is 2. The number of rotatable bonds is 5. The monoisotopic (exact) mass is 257 g/mol. The van der Waals surface area contributed by atoms with Gasteiger partial charge in [-0.2, -0.15) is 0 Å². The molecule has 0 bridgehead atoms. The van der Waals surface area contributed by atoms with Crippen molar-refractivity contribution >= 4 is 17.5 Å². The largest absolute Gasteiger partial charge is 0.363 e. The van der Waals surface area contributed by atoms with E-state index >= 15 is 0 Å². The standard InChI is InChI=1S/C13H15N5O/c1-2-13(19)16-12-7-6-11(17-18-12)15-9-10-5-3-4-8-14-10/h3-8H,2,9H2,1H3,(H,15,17)(H,16,18,19). The maximum absolute atomic E-state index is 11.2. The van der Waals surface area contributed by atoms with Gasteiger partial charge in [-0.25, -0.2) is 0 Å². The first kappa shape index (κ1) is 12.9. The molecule has 2 aromatic heterocycles. The topological polar surface area (TPSA) is 79.8 Å². The molecule has 0 aromatic carbocycles. The summed E-state index contributed by atoms with van der Waals surface area (Å²) in [5.41, 5.74) is 0.924. The zero-order valence-corrected chi connectivity index (χ0v) is 10.6. The van der Waals surface area contributed by atoms with Crippen LogP contribution in [0.3, 0.4) is 0 Å². The lowest BCUT2D eigenvalue weighted by Gasteiger charge is -2.05. The number of pyridine rings is 1. The van der Waals surface area contributed by atoms with Crippen molar-refractivity contribution < 1.29 is 4.79 Å². The molecule has 0 unspecified atom stereocenters. The highest BCUT2D eigenvalue weighted by Gasteiger charge is 2.01. The molecule has 19 heavy (non-hydrogen) atoms. The number of amides is 1. The second kappa shape index (κ2) is 6.44. The average molecular weight is 257 g/mol. The van der Waals surface area contributed by atoms with Gasteiger partial charge in [-0.1, -0.05) is 13.0 Å². The van der Waals surface area contributed by atoms with Crippen molar-refractivity contribution in [1.82, 2.24) is 15.2 Å². The average Bonchev–Trinajstić information content (AvgIpc) is 2.47. The first-order valence-electron chi connectivity index (χ1n) is 6.05. The summed E-state index contributed by atoms with van der Waals surface area (Å²) < 4.78 is 0. The Hall–Kier alpha value is -2.50. The van der Waals surface area contributed by atoms with Crippen molar-refractivity contribution in [3.8, 4) is 0 Å². The molecule has 2 rings (SSSR count). The highest BCUT2D eigenvalue weighted by molar-refractivity contribution is 5.89. The fourth-order valence-electron chi connectivity index (χ4n) is 1.41. The third-order valence-corrected chi connectivity index (χ3v) is 2.43. The lowest BCUT2D eigenvalue weighted by molar-refractivity contribution is -0.115. The Morgan fingerprint density at radius 3 is 2.58 bits per heavy atom. The van der Waals surface area contributed by atoms with E-state index in [4.69, 9.17) is 0 Å². The van der Waals surface area contributed by atoms with Crippen molar-refractivity contribution in [2.75, 3.05) is 10.6 Å². The van der Waals surface area contributed by atoms with Crippen LogP contribution < -0.4 is 10.6 Å². The minimum atomic E-state index is -0.0801. The van der Waals surface area contributed by atoms with Crippen molar-refractivity contribution in [2.45, 2.75) is 19.9 Å². The number of hydrogen-bond acceptors (Lipinski definition) is 5. The minimum Gasteiger partial charge on any atom is -0.363 e. The number of carbonyl (C=O) groups excluding carboxylic acids is 1. The van der Waals surface area contributed by atoms with Crippen LogP contribution in [0.15, 0.2) is 36.5 Å². The smallest absolute Gasteiger partial charge is 0.225 e. The van der Waals surface area contributed by atoms with Crippen LogP contribution >= 0.6 is 0 Å². The van der Waals surface area contributed by atoms with Crippen molar-refractivity contribution in [3.63, 3.8) is 0 Å². The summed E-state index contributed by atoms with van der Waals surface area (Å²) in [6.07, 6.45) is 2.16. The molecule has 2 aromatic rings. The molecule has 0 saturated heterocycles. The number of nitrogens with zero attached hydrogens (tertiary/aromatic N) is 3. The summed E-state index contributed by atoms with van der Waals surface area (Å²) in [7, 11) is 0. The number of hydrogen-bond donors (Lipinski definition) is 2. The van der Waals surface area contributed by atoms with Gasteiger partial charge in [0.25, 0.3) is 0 Å². The normalized spacial score (nSPS) is 9.95. The summed E-state index contributed by atoms with van der Waals surface area (Å²) in [4.78, 5) is 15.4. The molecule has 6 nitrogen and oxygen atoms in total. The molecule has 2 heterocycles. The highest BCUT2D eigenvalue weighted by atomic mass is 16.1. The second-order valence-corrected chi connectivity index (χ2v) is 3.88. The van der Waals surface area contributed by atoms with Gasteiger partial charge in [0.15, 0.2) is 5.82 Å². The van der Waals surface area contributed by atoms with Crippen molar-refractivity contribution in [2.24, 2.45) is 0 Å². The van der Waals surface area contributed by atoms with E-state index in [1.165, 1.54) is 0 Å². The molecule has 0 aliphatic heterocycles. The molecule has 0 radical (unpaired) electrons.